The molecule has 0 bridgehead atoms. The number of hydrogen-bond donors (Lipinski definition) is 2. The van der Waals surface area contributed by atoms with Crippen molar-refractivity contribution in [2.75, 3.05) is 13.6 Å². The first-order chi connectivity index (χ1) is 9.24. The zero-order valence-corrected chi connectivity index (χ0v) is 12.5. The molecule has 0 aliphatic rings. The Bertz CT molecular complexity index is 380. The molecule has 0 fully saturated rings. The van der Waals surface area contributed by atoms with Crippen molar-refractivity contribution in [3.8, 4) is 0 Å². The first-order valence-electron chi connectivity index (χ1n) is 7.06. The highest BCUT2D eigenvalue weighted by Gasteiger charge is 2.06. The van der Waals surface area contributed by atoms with E-state index in [1.54, 1.807) is 13.4 Å². The molecule has 1 heterocycles. The third-order valence-electron chi connectivity index (χ3n) is 3.39. The molecule has 6 heteroatoms. The smallest absolute Gasteiger partial charge is 0.191 e. The quantitative estimate of drug-likeness (QED) is 0.578. The minimum Gasteiger partial charge on any atom is -0.356 e. The maximum Gasteiger partial charge on any atom is 0.191 e. The van der Waals surface area contributed by atoms with Crippen molar-refractivity contribution >= 4 is 5.96 Å². The van der Waals surface area contributed by atoms with E-state index in [9.17, 15) is 0 Å². The minimum absolute atomic E-state index is 0.635. The molecular weight excluding hydrogens is 240 g/mol. The van der Waals surface area contributed by atoms with E-state index in [-0.39, 0.29) is 0 Å². The van der Waals surface area contributed by atoms with Gasteiger partial charge in [0.2, 0.25) is 0 Å². The molecule has 2 N–H and O–H groups in total. The SMILES string of the molecule is CCC(CC)CNC(=NC)NCc1nncn1CC. The Kier molecular flexibility index (Phi) is 6.92. The Morgan fingerprint density at radius 2 is 2.05 bits per heavy atom. The second kappa shape index (κ2) is 8.50. The third kappa shape index (κ3) is 4.89. The van der Waals surface area contributed by atoms with Crippen molar-refractivity contribution in [3.63, 3.8) is 0 Å². The second-order valence-electron chi connectivity index (χ2n) is 4.52. The number of nitrogens with zero attached hydrogens (tertiary/aromatic N) is 4. The highest BCUT2D eigenvalue weighted by atomic mass is 15.3. The van der Waals surface area contributed by atoms with Crippen LogP contribution in [0.15, 0.2) is 11.3 Å². The summed E-state index contributed by atoms with van der Waals surface area (Å²) in [5.41, 5.74) is 0. The lowest BCUT2D eigenvalue weighted by atomic mass is 10.0. The molecule has 1 aromatic heterocycles. The second-order valence-corrected chi connectivity index (χ2v) is 4.52. The topological polar surface area (TPSA) is 67.1 Å². The minimum atomic E-state index is 0.635. The Morgan fingerprint density at radius 3 is 2.63 bits per heavy atom. The zero-order chi connectivity index (χ0) is 14.1. The number of aryl methyl sites for hydroxylation is 1. The molecule has 0 saturated carbocycles. The van der Waals surface area contributed by atoms with Gasteiger partial charge in [0, 0.05) is 20.1 Å². The van der Waals surface area contributed by atoms with E-state index in [0.29, 0.717) is 12.5 Å². The molecular formula is C13H26N6. The molecule has 0 atom stereocenters. The standard InChI is InChI=1S/C13H26N6/c1-5-11(6-2)8-15-13(14-4)16-9-12-18-17-10-19(12)7-3/h10-11H,5-9H2,1-4H3,(H2,14,15,16). The van der Waals surface area contributed by atoms with E-state index >= 15 is 0 Å². The van der Waals surface area contributed by atoms with Gasteiger partial charge in [0.25, 0.3) is 0 Å². The van der Waals surface area contributed by atoms with Crippen molar-refractivity contribution in [2.45, 2.75) is 46.7 Å². The summed E-state index contributed by atoms with van der Waals surface area (Å²) in [5, 5.41) is 14.6. The van der Waals surface area contributed by atoms with Crippen LogP contribution >= 0.6 is 0 Å². The Hall–Kier alpha value is -1.59. The lowest BCUT2D eigenvalue weighted by Gasteiger charge is -2.16. The average Bonchev–Trinajstić information content (AvgIpc) is 2.90. The summed E-state index contributed by atoms with van der Waals surface area (Å²) in [6, 6.07) is 0. The van der Waals surface area contributed by atoms with Crippen LogP contribution in [0.2, 0.25) is 0 Å². The Labute approximate surface area is 115 Å². The normalized spacial score (nSPS) is 11.9. The third-order valence-corrected chi connectivity index (χ3v) is 3.39. The monoisotopic (exact) mass is 266 g/mol. The fourth-order valence-electron chi connectivity index (χ4n) is 1.88. The average molecular weight is 266 g/mol. The van der Waals surface area contributed by atoms with Crippen LogP contribution in [0.5, 0.6) is 0 Å². The fraction of sp³-hybridized carbons (Fsp3) is 0.769. The highest BCUT2D eigenvalue weighted by molar-refractivity contribution is 5.79. The molecule has 108 valence electrons. The highest BCUT2D eigenvalue weighted by Crippen LogP contribution is 2.04. The van der Waals surface area contributed by atoms with Gasteiger partial charge in [-0.15, -0.1) is 10.2 Å². The maximum atomic E-state index is 4.22. The van der Waals surface area contributed by atoms with Crippen molar-refractivity contribution in [2.24, 2.45) is 10.9 Å². The Morgan fingerprint density at radius 1 is 1.32 bits per heavy atom. The van der Waals surface area contributed by atoms with Crippen LogP contribution in [0, 0.1) is 5.92 Å². The molecule has 0 aromatic carbocycles. The van der Waals surface area contributed by atoms with Crippen LogP contribution in [0.1, 0.15) is 39.4 Å². The molecule has 6 nitrogen and oxygen atoms in total. The summed E-state index contributed by atoms with van der Waals surface area (Å²) < 4.78 is 2.02. The zero-order valence-electron chi connectivity index (χ0n) is 12.5. The molecule has 0 aliphatic heterocycles. The van der Waals surface area contributed by atoms with Gasteiger partial charge in [-0.1, -0.05) is 26.7 Å². The van der Waals surface area contributed by atoms with Gasteiger partial charge >= 0.3 is 0 Å². The number of aromatic nitrogens is 3. The van der Waals surface area contributed by atoms with Crippen LogP contribution in [0.4, 0.5) is 0 Å². The van der Waals surface area contributed by atoms with Gasteiger partial charge in [0.1, 0.15) is 6.33 Å². The van der Waals surface area contributed by atoms with E-state index in [0.717, 1.165) is 24.9 Å². The van der Waals surface area contributed by atoms with Gasteiger partial charge in [-0.3, -0.25) is 4.99 Å². The predicted octanol–water partition coefficient (Wildman–Crippen LogP) is 1.40. The molecule has 0 radical (unpaired) electrons. The first kappa shape index (κ1) is 15.5. The first-order valence-corrected chi connectivity index (χ1v) is 7.06. The molecule has 0 unspecified atom stereocenters. The van der Waals surface area contributed by atoms with Crippen LogP contribution in [-0.2, 0) is 13.1 Å². The van der Waals surface area contributed by atoms with Crippen LogP contribution in [0.3, 0.4) is 0 Å². The summed E-state index contributed by atoms with van der Waals surface area (Å²) in [6.45, 7) is 8.98. The maximum absolute atomic E-state index is 4.22. The summed E-state index contributed by atoms with van der Waals surface area (Å²) in [5.74, 6) is 2.43. The molecule has 0 amide bonds. The van der Waals surface area contributed by atoms with Crippen molar-refractivity contribution in [3.05, 3.63) is 12.2 Å². The number of guanidine groups is 1. The van der Waals surface area contributed by atoms with E-state index < -0.39 is 0 Å². The molecule has 0 spiro atoms. The number of aliphatic imine (C=N–C) groups is 1. The van der Waals surface area contributed by atoms with E-state index in [2.05, 4.69) is 46.6 Å². The summed E-state index contributed by atoms with van der Waals surface area (Å²) in [7, 11) is 1.78. The van der Waals surface area contributed by atoms with Crippen LogP contribution < -0.4 is 10.6 Å². The van der Waals surface area contributed by atoms with E-state index in [1.807, 2.05) is 4.57 Å². The van der Waals surface area contributed by atoms with Gasteiger partial charge < -0.3 is 15.2 Å². The van der Waals surface area contributed by atoms with Gasteiger partial charge in [-0.25, -0.2) is 0 Å². The van der Waals surface area contributed by atoms with E-state index in [1.165, 1.54) is 12.8 Å². The van der Waals surface area contributed by atoms with Gasteiger partial charge in [0.15, 0.2) is 11.8 Å². The number of rotatable bonds is 7. The van der Waals surface area contributed by atoms with Crippen LogP contribution in [-0.4, -0.2) is 34.3 Å². The van der Waals surface area contributed by atoms with Crippen molar-refractivity contribution < 1.29 is 0 Å². The molecule has 0 saturated heterocycles. The molecule has 1 aromatic rings. The van der Waals surface area contributed by atoms with Gasteiger partial charge in [-0.05, 0) is 12.8 Å². The largest absolute Gasteiger partial charge is 0.356 e. The van der Waals surface area contributed by atoms with Crippen molar-refractivity contribution in [1.82, 2.24) is 25.4 Å². The summed E-state index contributed by atoms with van der Waals surface area (Å²) in [4.78, 5) is 4.22. The lowest BCUT2D eigenvalue weighted by molar-refractivity contribution is 0.481. The fourth-order valence-corrected chi connectivity index (χ4v) is 1.88. The van der Waals surface area contributed by atoms with Crippen LogP contribution in [0.25, 0.3) is 0 Å². The predicted molar refractivity (Wildman–Crippen MR) is 78.0 cm³/mol. The lowest BCUT2D eigenvalue weighted by Crippen LogP contribution is -2.39. The van der Waals surface area contributed by atoms with Gasteiger partial charge in [-0.2, -0.15) is 0 Å². The number of hydrogen-bond acceptors (Lipinski definition) is 3. The van der Waals surface area contributed by atoms with Gasteiger partial charge in [0.05, 0.1) is 6.54 Å². The Balaban J connectivity index is 2.41. The molecule has 19 heavy (non-hydrogen) atoms. The van der Waals surface area contributed by atoms with E-state index in [4.69, 9.17) is 0 Å². The summed E-state index contributed by atoms with van der Waals surface area (Å²) in [6.07, 6.45) is 4.12. The molecule has 1 rings (SSSR count). The molecule has 0 aliphatic carbocycles. The van der Waals surface area contributed by atoms with Crippen molar-refractivity contribution in [1.29, 1.82) is 0 Å². The summed E-state index contributed by atoms with van der Waals surface area (Å²) >= 11 is 0. The number of nitrogens with one attached hydrogen (secondary N) is 2.